The van der Waals surface area contributed by atoms with Crippen LogP contribution in [0.15, 0.2) is 12.1 Å². The van der Waals surface area contributed by atoms with E-state index >= 15 is 0 Å². The van der Waals surface area contributed by atoms with Crippen molar-refractivity contribution in [2.45, 2.75) is 46.2 Å². The van der Waals surface area contributed by atoms with Gasteiger partial charge in [0.05, 0.1) is 12.2 Å². The first-order chi connectivity index (χ1) is 10.2. The van der Waals surface area contributed by atoms with Crippen LogP contribution >= 0.6 is 0 Å². The monoisotopic (exact) mass is 289 g/mol. The van der Waals surface area contributed by atoms with Crippen molar-refractivity contribution in [3.8, 4) is 0 Å². The Balaban J connectivity index is 1.92. The zero-order chi connectivity index (χ0) is 14.8. The van der Waals surface area contributed by atoms with Crippen molar-refractivity contribution < 1.29 is 4.39 Å². The van der Waals surface area contributed by atoms with Gasteiger partial charge in [-0.05, 0) is 53.8 Å². The molecule has 21 heavy (non-hydrogen) atoms. The highest BCUT2D eigenvalue weighted by molar-refractivity contribution is 5.59. The molecule has 0 atom stereocenters. The Hall–Kier alpha value is -1.98. The van der Waals surface area contributed by atoms with Gasteiger partial charge in [0, 0.05) is 13.1 Å². The lowest BCUT2D eigenvalue weighted by Crippen LogP contribution is -2.31. The fraction of sp³-hybridized carbons (Fsp3) is 0.533. The molecule has 0 saturated carbocycles. The molecule has 5 nitrogen and oxygen atoms in total. The predicted octanol–water partition coefficient (Wildman–Crippen LogP) is 2.48. The Bertz CT molecular complexity index is 637. The zero-order valence-corrected chi connectivity index (χ0v) is 12.5. The topological polar surface area (TPSA) is 46.8 Å². The molecule has 3 rings (SSSR count). The van der Waals surface area contributed by atoms with Crippen LogP contribution in [0.3, 0.4) is 0 Å². The third kappa shape index (κ3) is 2.62. The Morgan fingerprint density at radius 1 is 1.33 bits per heavy atom. The molecule has 1 aromatic heterocycles. The van der Waals surface area contributed by atoms with Gasteiger partial charge in [0.1, 0.15) is 5.82 Å². The van der Waals surface area contributed by atoms with E-state index in [1.807, 2.05) is 17.7 Å². The molecule has 0 saturated heterocycles. The number of halogens is 1. The molecule has 0 bridgehead atoms. The molecule has 1 aromatic carbocycles. The molecule has 2 aromatic rings. The van der Waals surface area contributed by atoms with E-state index < -0.39 is 0 Å². The Labute approximate surface area is 123 Å². The minimum absolute atomic E-state index is 0.148. The smallest absolute Gasteiger partial charge is 0.170 e. The van der Waals surface area contributed by atoms with Gasteiger partial charge in [-0.1, -0.05) is 13.0 Å². The molecule has 0 radical (unpaired) electrons. The molecule has 0 amide bonds. The molecular formula is C15H20FN5. The molecule has 6 heteroatoms. The highest BCUT2D eigenvalue weighted by Crippen LogP contribution is 2.33. The van der Waals surface area contributed by atoms with Crippen molar-refractivity contribution >= 4 is 5.69 Å². The average molecular weight is 289 g/mol. The molecule has 2 heterocycles. The lowest BCUT2D eigenvalue weighted by atomic mass is 9.96. The zero-order valence-electron chi connectivity index (χ0n) is 12.5. The quantitative estimate of drug-likeness (QED) is 0.867. The molecule has 0 unspecified atom stereocenters. The minimum Gasteiger partial charge on any atom is -0.361 e. The van der Waals surface area contributed by atoms with E-state index in [0.717, 1.165) is 55.0 Å². The first-order valence-electron chi connectivity index (χ1n) is 7.48. The van der Waals surface area contributed by atoms with Gasteiger partial charge >= 0.3 is 0 Å². The van der Waals surface area contributed by atoms with Crippen LogP contribution in [0.2, 0.25) is 0 Å². The van der Waals surface area contributed by atoms with E-state index in [1.54, 1.807) is 6.07 Å². The van der Waals surface area contributed by atoms with Crippen LogP contribution < -0.4 is 4.90 Å². The lowest BCUT2D eigenvalue weighted by Gasteiger charge is -2.32. The SMILES string of the molecule is CCCn1nnnc1CN1CCCc2c(C)ccc(F)c21. The van der Waals surface area contributed by atoms with Crippen LogP contribution in [0.1, 0.15) is 36.7 Å². The van der Waals surface area contributed by atoms with E-state index in [0.29, 0.717) is 6.54 Å². The van der Waals surface area contributed by atoms with Crippen LogP contribution in [-0.4, -0.2) is 26.8 Å². The van der Waals surface area contributed by atoms with E-state index in [1.165, 1.54) is 0 Å². The van der Waals surface area contributed by atoms with E-state index in [-0.39, 0.29) is 5.82 Å². The normalized spacial score (nSPS) is 14.3. The predicted molar refractivity (Wildman–Crippen MR) is 78.6 cm³/mol. The maximum Gasteiger partial charge on any atom is 0.170 e. The average Bonchev–Trinajstić information content (AvgIpc) is 2.91. The fourth-order valence-electron chi connectivity index (χ4n) is 2.98. The molecular weight excluding hydrogens is 269 g/mol. The highest BCUT2D eigenvalue weighted by atomic mass is 19.1. The van der Waals surface area contributed by atoms with Gasteiger partial charge in [-0.15, -0.1) is 5.10 Å². The molecule has 112 valence electrons. The van der Waals surface area contributed by atoms with Crippen LogP contribution in [-0.2, 0) is 19.5 Å². The summed E-state index contributed by atoms with van der Waals surface area (Å²) in [6.07, 6.45) is 2.95. The summed E-state index contributed by atoms with van der Waals surface area (Å²) >= 11 is 0. The molecule has 0 aliphatic carbocycles. The summed E-state index contributed by atoms with van der Waals surface area (Å²) in [7, 11) is 0. The standard InChI is InChI=1S/C15H20FN5/c1-3-8-21-14(17-18-19-21)10-20-9-4-5-12-11(2)6-7-13(16)15(12)20/h6-7H,3-5,8-10H2,1-2H3. The first kappa shape index (κ1) is 14.0. The van der Waals surface area contributed by atoms with Crippen molar-refractivity contribution in [1.29, 1.82) is 0 Å². The van der Waals surface area contributed by atoms with E-state index in [2.05, 4.69) is 27.3 Å². The number of hydrogen-bond donors (Lipinski definition) is 0. The Morgan fingerprint density at radius 2 is 2.19 bits per heavy atom. The van der Waals surface area contributed by atoms with Gasteiger partial charge in [0.2, 0.25) is 0 Å². The van der Waals surface area contributed by atoms with Gasteiger partial charge in [-0.2, -0.15) is 0 Å². The summed E-state index contributed by atoms with van der Waals surface area (Å²) < 4.78 is 16.1. The van der Waals surface area contributed by atoms with Crippen molar-refractivity contribution in [2.75, 3.05) is 11.4 Å². The third-order valence-electron chi connectivity index (χ3n) is 4.01. The number of nitrogens with zero attached hydrogens (tertiary/aromatic N) is 5. The highest BCUT2D eigenvalue weighted by Gasteiger charge is 2.23. The summed E-state index contributed by atoms with van der Waals surface area (Å²) in [6, 6.07) is 3.42. The number of fused-ring (bicyclic) bond motifs is 1. The number of anilines is 1. The molecule has 0 fully saturated rings. The molecule has 0 N–H and O–H groups in total. The fourth-order valence-corrected chi connectivity index (χ4v) is 2.98. The summed E-state index contributed by atoms with van der Waals surface area (Å²) in [5, 5.41) is 11.8. The largest absolute Gasteiger partial charge is 0.361 e. The molecule has 1 aliphatic heterocycles. The minimum atomic E-state index is -0.148. The third-order valence-corrected chi connectivity index (χ3v) is 4.01. The van der Waals surface area contributed by atoms with Gasteiger partial charge < -0.3 is 4.90 Å². The van der Waals surface area contributed by atoms with Crippen molar-refractivity contribution in [3.63, 3.8) is 0 Å². The summed E-state index contributed by atoms with van der Waals surface area (Å²) in [5.41, 5.74) is 3.01. The van der Waals surface area contributed by atoms with Crippen LogP contribution in [0.5, 0.6) is 0 Å². The van der Waals surface area contributed by atoms with Gasteiger partial charge in [0.15, 0.2) is 5.82 Å². The van der Waals surface area contributed by atoms with Crippen LogP contribution in [0.25, 0.3) is 0 Å². The number of tetrazole rings is 1. The summed E-state index contributed by atoms with van der Waals surface area (Å²) in [4.78, 5) is 2.07. The number of aromatic nitrogens is 4. The van der Waals surface area contributed by atoms with Crippen molar-refractivity contribution in [2.24, 2.45) is 0 Å². The van der Waals surface area contributed by atoms with Gasteiger partial charge in [0.25, 0.3) is 0 Å². The number of benzene rings is 1. The van der Waals surface area contributed by atoms with Crippen LogP contribution in [0.4, 0.5) is 10.1 Å². The second-order valence-corrected chi connectivity index (χ2v) is 5.53. The second-order valence-electron chi connectivity index (χ2n) is 5.53. The maximum atomic E-state index is 14.3. The first-order valence-corrected chi connectivity index (χ1v) is 7.48. The Morgan fingerprint density at radius 3 is 3.00 bits per heavy atom. The number of rotatable bonds is 4. The second kappa shape index (κ2) is 5.79. The summed E-state index contributed by atoms with van der Waals surface area (Å²) in [6.45, 7) is 6.32. The maximum absolute atomic E-state index is 14.3. The number of aryl methyl sites for hydroxylation is 2. The van der Waals surface area contributed by atoms with Crippen molar-refractivity contribution in [3.05, 3.63) is 34.9 Å². The summed E-state index contributed by atoms with van der Waals surface area (Å²) in [5.74, 6) is 0.649. The van der Waals surface area contributed by atoms with E-state index in [9.17, 15) is 4.39 Å². The van der Waals surface area contributed by atoms with E-state index in [4.69, 9.17) is 0 Å². The number of hydrogen-bond acceptors (Lipinski definition) is 4. The van der Waals surface area contributed by atoms with Crippen LogP contribution in [0, 0.1) is 12.7 Å². The van der Waals surface area contributed by atoms with Gasteiger partial charge in [-0.3, -0.25) is 0 Å². The van der Waals surface area contributed by atoms with Gasteiger partial charge in [-0.25, -0.2) is 9.07 Å². The Kier molecular flexibility index (Phi) is 3.86. The van der Waals surface area contributed by atoms with Crippen molar-refractivity contribution in [1.82, 2.24) is 20.2 Å². The molecule has 1 aliphatic rings. The molecule has 0 spiro atoms. The lowest BCUT2D eigenvalue weighted by molar-refractivity contribution is 0.538.